The van der Waals surface area contributed by atoms with Crippen LogP contribution in [0.5, 0.6) is 0 Å². The van der Waals surface area contributed by atoms with Gasteiger partial charge in [-0.15, -0.1) is 0 Å². The number of aromatic nitrogens is 3. The zero-order chi connectivity index (χ0) is 26.3. The number of hydrogen-bond donors (Lipinski definition) is 0. The van der Waals surface area contributed by atoms with Crippen LogP contribution in [0.2, 0.25) is 0 Å². The third-order valence-electron chi connectivity index (χ3n) is 9.01. The Labute approximate surface area is 224 Å². The van der Waals surface area contributed by atoms with Crippen molar-refractivity contribution in [2.24, 2.45) is 0 Å². The molecule has 0 radical (unpaired) electrons. The summed E-state index contributed by atoms with van der Waals surface area (Å²) in [4.78, 5) is 25.2. The van der Waals surface area contributed by atoms with Crippen molar-refractivity contribution in [1.82, 2.24) is 20.0 Å². The van der Waals surface area contributed by atoms with Crippen LogP contribution < -0.4 is 0 Å². The molecule has 0 saturated carbocycles. The summed E-state index contributed by atoms with van der Waals surface area (Å²) in [6, 6.07) is 26.7. The van der Waals surface area contributed by atoms with E-state index in [4.69, 9.17) is 14.5 Å². The molecule has 1 spiro atoms. The molecule has 4 heterocycles. The fourth-order valence-electron chi connectivity index (χ4n) is 7.72. The van der Waals surface area contributed by atoms with Crippen molar-refractivity contribution in [1.29, 1.82) is 0 Å². The van der Waals surface area contributed by atoms with Crippen molar-refractivity contribution in [3.8, 4) is 11.3 Å². The van der Waals surface area contributed by atoms with Crippen molar-refractivity contribution in [2.45, 2.75) is 43.2 Å². The maximum Gasteiger partial charge on any atom is 0.334 e. The Morgan fingerprint density at radius 2 is 1.69 bits per heavy atom. The monoisotopic (exact) mass is 515 g/mol. The second-order valence-electron chi connectivity index (χ2n) is 10.8. The number of benzene rings is 3. The van der Waals surface area contributed by atoms with Crippen LogP contribution in [0.4, 0.5) is 5.69 Å². The second-order valence-corrected chi connectivity index (χ2v) is 10.8. The Morgan fingerprint density at radius 1 is 0.974 bits per heavy atom. The van der Waals surface area contributed by atoms with Crippen molar-refractivity contribution < 1.29 is 9.45 Å². The zero-order valence-electron chi connectivity index (χ0n) is 21.3. The van der Waals surface area contributed by atoms with E-state index in [0.717, 1.165) is 58.5 Å². The molecule has 8 rings (SSSR count). The van der Waals surface area contributed by atoms with Crippen LogP contribution in [0.3, 0.4) is 0 Å². The fourth-order valence-corrected chi connectivity index (χ4v) is 7.72. The van der Waals surface area contributed by atoms with Gasteiger partial charge in [-0.1, -0.05) is 71.9 Å². The number of rotatable bonds is 3. The van der Waals surface area contributed by atoms with Gasteiger partial charge in [-0.05, 0) is 49.6 Å². The lowest BCUT2D eigenvalue weighted by atomic mass is 9.70. The molecule has 0 amide bonds. The SMILES string of the molecule is Cc1noc([C@@H]2[C@@H](c3ccccc3)[C@@H]3CCCN3[C@]23c2ccccc2-c2nc4ccccc4nc23)c1[N+](=O)[O-]. The lowest BCUT2D eigenvalue weighted by Gasteiger charge is -2.39. The molecule has 39 heavy (non-hydrogen) atoms. The number of fused-ring (bicyclic) bond motifs is 8. The highest BCUT2D eigenvalue weighted by Crippen LogP contribution is 2.68. The van der Waals surface area contributed by atoms with Gasteiger partial charge in [0.2, 0.25) is 5.76 Å². The molecule has 3 aliphatic rings. The van der Waals surface area contributed by atoms with Gasteiger partial charge in [-0.3, -0.25) is 15.0 Å². The number of hydrogen-bond acceptors (Lipinski definition) is 7. The van der Waals surface area contributed by atoms with E-state index in [9.17, 15) is 10.1 Å². The highest BCUT2D eigenvalue weighted by Gasteiger charge is 2.68. The molecule has 2 aliphatic heterocycles. The molecule has 0 N–H and O–H groups in total. The van der Waals surface area contributed by atoms with Gasteiger partial charge < -0.3 is 4.52 Å². The van der Waals surface area contributed by atoms with Crippen LogP contribution in [0.25, 0.3) is 22.3 Å². The van der Waals surface area contributed by atoms with Gasteiger partial charge in [-0.2, -0.15) is 0 Å². The molecule has 0 unspecified atom stereocenters. The van der Waals surface area contributed by atoms with Gasteiger partial charge in [0, 0.05) is 17.5 Å². The molecule has 192 valence electrons. The summed E-state index contributed by atoms with van der Waals surface area (Å²) < 4.78 is 6.00. The van der Waals surface area contributed by atoms with E-state index >= 15 is 0 Å². The lowest BCUT2D eigenvalue weighted by molar-refractivity contribution is -0.386. The molecule has 4 atom stereocenters. The molecular formula is C31H25N5O3. The molecule has 0 bridgehead atoms. The van der Waals surface area contributed by atoms with Crippen LogP contribution in [0.1, 0.15) is 53.0 Å². The largest absolute Gasteiger partial charge is 0.353 e. The highest BCUT2D eigenvalue weighted by molar-refractivity contribution is 5.85. The average molecular weight is 516 g/mol. The minimum Gasteiger partial charge on any atom is -0.353 e. The van der Waals surface area contributed by atoms with E-state index in [-0.39, 0.29) is 22.6 Å². The Kier molecular flexibility index (Phi) is 4.65. The summed E-state index contributed by atoms with van der Waals surface area (Å²) in [5.74, 6) is -0.171. The number of nitrogens with zero attached hydrogens (tertiary/aromatic N) is 5. The molecule has 2 fully saturated rings. The summed E-state index contributed by atoms with van der Waals surface area (Å²) >= 11 is 0. The normalized spacial score (nSPS) is 25.2. The van der Waals surface area contributed by atoms with E-state index in [2.05, 4.69) is 34.3 Å². The number of aryl methyl sites for hydroxylation is 1. The van der Waals surface area contributed by atoms with E-state index in [0.29, 0.717) is 11.5 Å². The summed E-state index contributed by atoms with van der Waals surface area (Å²) in [6.45, 7) is 2.50. The standard InChI is InChI=1S/C31H25N5O3/c1-18-28(36(37)38)29(39-34-18)26-25(19-10-3-2-4-11-19)24-16-9-17-35(24)31(26)21-13-6-5-12-20(21)27-30(31)33-23-15-8-7-14-22(23)32-27/h2-8,10-15,24-26H,9,16-17H2,1H3/t24-,25-,26-,31+/m0/s1. The van der Waals surface area contributed by atoms with E-state index in [1.54, 1.807) is 6.92 Å². The Hall–Kier alpha value is -4.43. The molecule has 2 aromatic heterocycles. The third-order valence-corrected chi connectivity index (χ3v) is 9.01. The van der Waals surface area contributed by atoms with E-state index < -0.39 is 11.5 Å². The van der Waals surface area contributed by atoms with Crippen LogP contribution in [0, 0.1) is 17.0 Å². The zero-order valence-corrected chi connectivity index (χ0v) is 21.3. The molecule has 5 aromatic rings. The summed E-state index contributed by atoms with van der Waals surface area (Å²) in [5, 5.41) is 16.6. The lowest BCUT2D eigenvalue weighted by Crippen LogP contribution is -2.45. The first-order chi connectivity index (χ1) is 19.1. The highest BCUT2D eigenvalue weighted by atomic mass is 16.6. The Morgan fingerprint density at radius 3 is 2.49 bits per heavy atom. The minimum absolute atomic E-state index is 0.0406. The van der Waals surface area contributed by atoms with Crippen molar-refractivity contribution in [2.75, 3.05) is 6.54 Å². The summed E-state index contributed by atoms with van der Waals surface area (Å²) in [6.07, 6.45) is 2.02. The summed E-state index contributed by atoms with van der Waals surface area (Å²) in [7, 11) is 0. The van der Waals surface area contributed by atoms with Gasteiger partial charge in [0.05, 0.1) is 33.3 Å². The molecular weight excluding hydrogens is 490 g/mol. The predicted molar refractivity (Wildman–Crippen MR) is 145 cm³/mol. The molecule has 1 aliphatic carbocycles. The smallest absolute Gasteiger partial charge is 0.334 e. The quantitative estimate of drug-likeness (QED) is 0.211. The first-order valence-corrected chi connectivity index (χ1v) is 13.4. The van der Waals surface area contributed by atoms with Crippen molar-refractivity contribution in [3.63, 3.8) is 0 Å². The summed E-state index contributed by atoms with van der Waals surface area (Å²) in [5.41, 5.74) is 6.03. The maximum absolute atomic E-state index is 12.5. The van der Waals surface area contributed by atoms with Crippen molar-refractivity contribution in [3.05, 3.63) is 117 Å². The Bertz CT molecular complexity index is 1780. The number of para-hydroxylation sites is 2. The maximum atomic E-state index is 12.5. The minimum atomic E-state index is -0.790. The Balaban J connectivity index is 1.53. The first kappa shape index (κ1) is 22.5. The van der Waals surface area contributed by atoms with Crippen LogP contribution in [-0.2, 0) is 5.54 Å². The van der Waals surface area contributed by atoms with Crippen molar-refractivity contribution >= 4 is 16.7 Å². The van der Waals surface area contributed by atoms with Crippen LogP contribution in [0.15, 0.2) is 83.4 Å². The van der Waals surface area contributed by atoms with Crippen LogP contribution >= 0.6 is 0 Å². The van der Waals surface area contributed by atoms with E-state index in [1.165, 1.54) is 0 Å². The molecule has 8 heteroatoms. The first-order valence-electron chi connectivity index (χ1n) is 13.4. The average Bonchev–Trinajstić information content (AvgIpc) is 3.71. The molecule has 2 saturated heterocycles. The van der Waals surface area contributed by atoms with Gasteiger partial charge in [0.15, 0.2) is 5.69 Å². The predicted octanol–water partition coefficient (Wildman–Crippen LogP) is 6.10. The van der Waals surface area contributed by atoms with Crippen LogP contribution in [-0.4, -0.2) is 37.5 Å². The van der Waals surface area contributed by atoms with Gasteiger partial charge in [0.1, 0.15) is 5.54 Å². The van der Waals surface area contributed by atoms with E-state index in [1.807, 2.05) is 54.6 Å². The fraction of sp³-hybridized carbons (Fsp3) is 0.258. The van der Waals surface area contributed by atoms with Gasteiger partial charge in [0.25, 0.3) is 0 Å². The second kappa shape index (κ2) is 8.04. The molecule has 3 aromatic carbocycles. The van der Waals surface area contributed by atoms with Gasteiger partial charge in [-0.25, -0.2) is 9.97 Å². The molecule has 8 nitrogen and oxygen atoms in total. The topological polar surface area (TPSA) is 98.2 Å². The van der Waals surface area contributed by atoms with Gasteiger partial charge >= 0.3 is 5.69 Å². The number of nitro groups is 1. The third kappa shape index (κ3) is 2.84.